The average Bonchev–Trinajstić information content (AvgIpc) is 3.18. The lowest BCUT2D eigenvalue weighted by Crippen LogP contribution is -2.37. The molecule has 30 heavy (non-hydrogen) atoms. The minimum Gasteiger partial charge on any atom is -0.373 e. The van der Waals surface area contributed by atoms with Gasteiger partial charge in [0.2, 0.25) is 0 Å². The summed E-state index contributed by atoms with van der Waals surface area (Å²) in [4.78, 5) is 33.3. The molecular formula is C23H20FN3O3. The van der Waals surface area contributed by atoms with Gasteiger partial charge in [-0.25, -0.2) is 4.39 Å². The van der Waals surface area contributed by atoms with Crippen molar-refractivity contribution in [2.24, 2.45) is 0 Å². The number of fused-ring (bicyclic) bond motifs is 4. The molecule has 6 nitrogen and oxygen atoms in total. The van der Waals surface area contributed by atoms with Gasteiger partial charge in [0, 0.05) is 29.2 Å². The molecule has 7 heteroatoms. The van der Waals surface area contributed by atoms with Crippen LogP contribution in [0.25, 0.3) is 21.7 Å². The van der Waals surface area contributed by atoms with Crippen LogP contribution in [-0.2, 0) is 11.3 Å². The van der Waals surface area contributed by atoms with Gasteiger partial charge in [0.05, 0.1) is 24.6 Å². The number of likely N-dealkylation sites (N-methyl/N-ethyl adjacent to an activating group) is 1. The highest BCUT2D eigenvalue weighted by Crippen LogP contribution is 2.34. The van der Waals surface area contributed by atoms with Gasteiger partial charge in [0.15, 0.2) is 0 Å². The van der Waals surface area contributed by atoms with Crippen molar-refractivity contribution in [1.29, 1.82) is 0 Å². The van der Waals surface area contributed by atoms with Crippen LogP contribution >= 0.6 is 0 Å². The maximum Gasteiger partial charge on any atom is 0.270 e. The maximum absolute atomic E-state index is 13.7. The first-order chi connectivity index (χ1) is 14.4. The molecule has 0 radical (unpaired) electrons. The van der Waals surface area contributed by atoms with Gasteiger partial charge in [0.25, 0.3) is 11.5 Å². The van der Waals surface area contributed by atoms with E-state index in [1.807, 2.05) is 31.2 Å². The monoisotopic (exact) mass is 405 g/mol. The first-order valence-corrected chi connectivity index (χ1v) is 9.71. The van der Waals surface area contributed by atoms with Crippen LogP contribution in [0.5, 0.6) is 0 Å². The number of hydrogen-bond donors (Lipinski definition) is 2. The molecule has 2 N–H and O–H groups in total. The summed E-state index contributed by atoms with van der Waals surface area (Å²) in [6, 6.07) is 11.5. The smallest absolute Gasteiger partial charge is 0.270 e. The molecule has 1 amide bonds. The Labute approximate surface area is 171 Å². The number of hydrogen-bond acceptors (Lipinski definition) is 3. The van der Waals surface area contributed by atoms with Crippen LogP contribution in [0.1, 0.15) is 33.4 Å². The maximum atomic E-state index is 13.7. The van der Waals surface area contributed by atoms with E-state index in [-0.39, 0.29) is 30.1 Å². The van der Waals surface area contributed by atoms with Crippen LogP contribution in [0.3, 0.4) is 0 Å². The zero-order valence-electron chi connectivity index (χ0n) is 16.6. The first kappa shape index (κ1) is 18.6. The van der Waals surface area contributed by atoms with Gasteiger partial charge in [-0.2, -0.15) is 0 Å². The molecule has 4 aromatic rings. The van der Waals surface area contributed by atoms with Gasteiger partial charge >= 0.3 is 0 Å². The second-order valence-electron chi connectivity index (χ2n) is 7.70. The number of H-pyrrole nitrogens is 2. The van der Waals surface area contributed by atoms with Gasteiger partial charge < -0.3 is 19.6 Å². The number of aryl methyl sites for hydroxylation is 1. The SMILES string of the molecule is Cc1cccc2[nH]c(C(=O)N(C)[C@@H]3COCc4[nH]c(=O)c5cc(F)ccc5c43)cc12. The summed E-state index contributed by atoms with van der Waals surface area (Å²) in [7, 11) is 1.71. The van der Waals surface area contributed by atoms with Crippen LogP contribution in [0.2, 0.25) is 0 Å². The Kier molecular flexibility index (Phi) is 4.22. The summed E-state index contributed by atoms with van der Waals surface area (Å²) < 4.78 is 19.4. The average molecular weight is 405 g/mol. The number of carbonyl (C=O) groups is 1. The number of benzene rings is 2. The number of amides is 1. The first-order valence-electron chi connectivity index (χ1n) is 9.71. The number of nitrogens with one attached hydrogen (secondary N) is 2. The molecule has 0 saturated carbocycles. The Bertz CT molecular complexity index is 1370. The number of nitrogens with zero attached hydrogens (tertiary/aromatic N) is 1. The fourth-order valence-electron chi connectivity index (χ4n) is 4.28. The fourth-order valence-corrected chi connectivity index (χ4v) is 4.28. The highest BCUT2D eigenvalue weighted by Gasteiger charge is 2.31. The molecule has 5 rings (SSSR count). The molecule has 1 aliphatic heterocycles. The second-order valence-corrected chi connectivity index (χ2v) is 7.70. The van der Waals surface area contributed by atoms with Crippen molar-refractivity contribution in [3.63, 3.8) is 0 Å². The molecule has 0 saturated heterocycles. The van der Waals surface area contributed by atoms with Crippen molar-refractivity contribution in [3.05, 3.63) is 81.2 Å². The van der Waals surface area contributed by atoms with Crippen molar-refractivity contribution in [1.82, 2.24) is 14.9 Å². The van der Waals surface area contributed by atoms with Crippen LogP contribution < -0.4 is 5.56 Å². The molecule has 2 aromatic heterocycles. The molecule has 0 unspecified atom stereocenters. The molecule has 0 spiro atoms. The van der Waals surface area contributed by atoms with Crippen molar-refractivity contribution in [2.75, 3.05) is 13.7 Å². The van der Waals surface area contributed by atoms with Gasteiger partial charge in [-0.15, -0.1) is 0 Å². The number of pyridine rings is 1. The molecule has 152 valence electrons. The van der Waals surface area contributed by atoms with Gasteiger partial charge in [-0.3, -0.25) is 9.59 Å². The molecule has 1 atom stereocenters. The highest BCUT2D eigenvalue weighted by molar-refractivity contribution is 5.99. The Morgan fingerprint density at radius 1 is 1.13 bits per heavy atom. The van der Waals surface area contributed by atoms with Crippen molar-refractivity contribution < 1.29 is 13.9 Å². The number of aromatic amines is 2. The molecule has 0 bridgehead atoms. The van der Waals surface area contributed by atoms with E-state index in [0.29, 0.717) is 16.8 Å². The number of carbonyl (C=O) groups excluding carboxylic acids is 1. The summed E-state index contributed by atoms with van der Waals surface area (Å²) in [5.41, 5.74) is 3.50. The standard InChI is InChI=1S/C23H20FN3O3/c1-12-4-3-5-17-15(12)9-18(25-17)23(29)27(2)20-11-30-10-19-21(20)14-7-6-13(24)8-16(14)22(28)26-19/h3-9,20,25H,10-11H2,1-2H3,(H,26,28)/t20-/m1/s1. The number of ether oxygens (including phenoxy) is 1. The van der Waals surface area contributed by atoms with E-state index in [9.17, 15) is 14.0 Å². The van der Waals surface area contributed by atoms with Crippen LogP contribution in [-0.4, -0.2) is 34.4 Å². The Hall–Kier alpha value is -3.45. The largest absolute Gasteiger partial charge is 0.373 e. The van der Waals surface area contributed by atoms with Crippen molar-refractivity contribution >= 4 is 27.6 Å². The third-order valence-electron chi connectivity index (χ3n) is 5.86. The highest BCUT2D eigenvalue weighted by atomic mass is 19.1. The lowest BCUT2D eigenvalue weighted by molar-refractivity contribution is 0.0333. The van der Waals surface area contributed by atoms with Crippen molar-refractivity contribution in [2.45, 2.75) is 19.6 Å². The third-order valence-corrected chi connectivity index (χ3v) is 5.86. The second kappa shape index (κ2) is 6.81. The molecule has 1 aliphatic rings. The van der Waals surface area contributed by atoms with E-state index >= 15 is 0 Å². The van der Waals surface area contributed by atoms with E-state index < -0.39 is 11.9 Å². The van der Waals surface area contributed by atoms with Crippen LogP contribution in [0, 0.1) is 12.7 Å². The quantitative estimate of drug-likeness (QED) is 0.533. The summed E-state index contributed by atoms with van der Waals surface area (Å²) in [5.74, 6) is -0.664. The van der Waals surface area contributed by atoms with Crippen LogP contribution in [0.4, 0.5) is 4.39 Å². The topological polar surface area (TPSA) is 78.2 Å². The summed E-state index contributed by atoms with van der Waals surface area (Å²) in [5, 5.41) is 1.90. The van der Waals surface area contributed by atoms with E-state index in [4.69, 9.17) is 4.74 Å². The predicted molar refractivity (Wildman–Crippen MR) is 112 cm³/mol. The molecular weight excluding hydrogens is 385 g/mol. The fraction of sp³-hybridized carbons (Fsp3) is 0.217. The van der Waals surface area contributed by atoms with E-state index in [0.717, 1.165) is 22.0 Å². The van der Waals surface area contributed by atoms with E-state index in [1.165, 1.54) is 12.1 Å². The predicted octanol–water partition coefficient (Wildman–Crippen LogP) is 3.80. The molecule has 2 aromatic carbocycles. The van der Waals surface area contributed by atoms with Crippen molar-refractivity contribution in [3.8, 4) is 0 Å². The summed E-state index contributed by atoms with van der Waals surface area (Å²) in [6.07, 6.45) is 0. The number of aromatic nitrogens is 2. The zero-order valence-corrected chi connectivity index (χ0v) is 16.6. The number of halogens is 1. The Morgan fingerprint density at radius 3 is 2.77 bits per heavy atom. The lowest BCUT2D eigenvalue weighted by atomic mass is 9.95. The van der Waals surface area contributed by atoms with E-state index in [1.54, 1.807) is 18.0 Å². The zero-order chi connectivity index (χ0) is 21.0. The van der Waals surface area contributed by atoms with Gasteiger partial charge in [-0.1, -0.05) is 18.2 Å². The van der Waals surface area contributed by atoms with Crippen LogP contribution in [0.15, 0.2) is 47.3 Å². The van der Waals surface area contributed by atoms with Gasteiger partial charge in [-0.05, 0) is 42.1 Å². The Morgan fingerprint density at radius 2 is 1.97 bits per heavy atom. The number of rotatable bonds is 2. The minimum atomic E-state index is -0.477. The molecule has 0 fully saturated rings. The van der Waals surface area contributed by atoms with E-state index in [2.05, 4.69) is 9.97 Å². The van der Waals surface area contributed by atoms with Gasteiger partial charge in [0.1, 0.15) is 11.5 Å². The normalized spacial score (nSPS) is 16.0. The summed E-state index contributed by atoms with van der Waals surface area (Å²) in [6.45, 7) is 2.52. The third kappa shape index (κ3) is 2.81. The molecule has 3 heterocycles. The minimum absolute atomic E-state index is 0.187. The Balaban J connectivity index is 1.60. The molecule has 0 aliphatic carbocycles. The summed E-state index contributed by atoms with van der Waals surface area (Å²) >= 11 is 0. The lowest BCUT2D eigenvalue weighted by Gasteiger charge is -2.33.